The van der Waals surface area contributed by atoms with Crippen molar-refractivity contribution in [2.45, 2.75) is 38.2 Å². The third-order valence-corrected chi connectivity index (χ3v) is 2.70. The number of aromatic nitrogens is 1. The molecule has 1 aromatic rings. The summed E-state index contributed by atoms with van der Waals surface area (Å²) in [5.41, 5.74) is 0.966. The molecule has 0 N–H and O–H groups in total. The molecule has 1 heterocycles. The van der Waals surface area contributed by atoms with Crippen LogP contribution >= 0.6 is 0 Å². The number of carbonyl (C=O) groups is 1. The molecular formula is C12H15NO2. The number of carbonyl (C=O) groups excluding carboxylic acids is 1. The van der Waals surface area contributed by atoms with E-state index in [1.165, 1.54) is 12.8 Å². The van der Waals surface area contributed by atoms with Crippen LogP contribution in [0.15, 0.2) is 24.5 Å². The second-order valence-corrected chi connectivity index (χ2v) is 3.93. The number of nitrogens with zero attached hydrogens (tertiary/aromatic N) is 1. The van der Waals surface area contributed by atoms with E-state index in [1.54, 1.807) is 12.4 Å². The minimum absolute atomic E-state index is 0.117. The van der Waals surface area contributed by atoms with Crippen molar-refractivity contribution in [3.8, 4) is 0 Å². The molecule has 0 radical (unpaired) electrons. The van der Waals surface area contributed by atoms with Crippen molar-refractivity contribution in [1.82, 2.24) is 4.98 Å². The summed E-state index contributed by atoms with van der Waals surface area (Å²) in [5.74, 6) is -0.117. The number of esters is 1. The average Bonchev–Trinajstić information content (AvgIpc) is 2.71. The largest absolute Gasteiger partial charge is 0.462 e. The number of hydrogen-bond acceptors (Lipinski definition) is 3. The van der Waals surface area contributed by atoms with Crippen molar-refractivity contribution in [3.63, 3.8) is 0 Å². The van der Waals surface area contributed by atoms with Gasteiger partial charge in [0.25, 0.3) is 0 Å². The predicted octanol–water partition coefficient (Wildman–Crippen LogP) is 2.11. The first-order chi connectivity index (χ1) is 7.34. The van der Waals surface area contributed by atoms with Crippen molar-refractivity contribution in [2.75, 3.05) is 0 Å². The molecule has 3 heteroatoms. The van der Waals surface area contributed by atoms with Crippen molar-refractivity contribution in [3.05, 3.63) is 30.1 Å². The number of rotatable bonds is 3. The van der Waals surface area contributed by atoms with Crippen molar-refractivity contribution in [2.24, 2.45) is 0 Å². The van der Waals surface area contributed by atoms with Crippen LogP contribution in [-0.4, -0.2) is 17.1 Å². The van der Waals surface area contributed by atoms with Crippen LogP contribution in [0.2, 0.25) is 0 Å². The number of ether oxygens (including phenoxy) is 1. The minimum atomic E-state index is -0.117. The summed E-state index contributed by atoms with van der Waals surface area (Å²) in [5, 5.41) is 0. The topological polar surface area (TPSA) is 39.2 Å². The van der Waals surface area contributed by atoms with E-state index in [-0.39, 0.29) is 12.1 Å². The summed E-state index contributed by atoms with van der Waals surface area (Å²) in [4.78, 5) is 15.4. The Hall–Kier alpha value is -1.38. The van der Waals surface area contributed by atoms with Gasteiger partial charge < -0.3 is 4.74 Å². The third kappa shape index (κ3) is 3.05. The maximum atomic E-state index is 11.5. The predicted molar refractivity (Wildman–Crippen MR) is 56.3 cm³/mol. The van der Waals surface area contributed by atoms with E-state index in [0.29, 0.717) is 6.42 Å². The van der Waals surface area contributed by atoms with Gasteiger partial charge >= 0.3 is 5.97 Å². The van der Waals surface area contributed by atoms with E-state index in [0.717, 1.165) is 18.4 Å². The molecule has 1 fully saturated rings. The van der Waals surface area contributed by atoms with Gasteiger partial charge in [0, 0.05) is 12.4 Å². The molecule has 2 rings (SSSR count). The highest BCUT2D eigenvalue weighted by atomic mass is 16.5. The van der Waals surface area contributed by atoms with Gasteiger partial charge in [-0.25, -0.2) is 0 Å². The third-order valence-electron chi connectivity index (χ3n) is 2.70. The van der Waals surface area contributed by atoms with Crippen LogP contribution in [0.4, 0.5) is 0 Å². The molecule has 1 aromatic heterocycles. The van der Waals surface area contributed by atoms with Gasteiger partial charge in [-0.15, -0.1) is 0 Å². The Morgan fingerprint density at radius 3 is 2.67 bits per heavy atom. The molecule has 0 saturated heterocycles. The maximum absolute atomic E-state index is 11.5. The second kappa shape index (κ2) is 4.91. The molecule has 0 bridgehead atoms. The van der Waals surface area contributed by atoms with E-state index >= 15 is 0 Å². The van der Waals surface area contributed by atoms with Crippen LogP contribution in [0, 0.1) is 0 Å². The fraction of sp³-hybridized carbons (Fsp3) is 0.500. The summed E-state index contributed by atoms with van der Waals surface area (Å²) in [7, 11) is 0. The molecule has 1 saturated carbocycles. The summed E-state index contributed by atoms with van der Waals surface area (Å²) in [6.07, 6.45) is 8.35. The Kier molecular flexibility index (Phi) is 3.33. The molecule has 80 valence electrons. The van der Waals surface area contributed by atoms with Crippen molar-refractivity contribution < 1.29 is 9.53 Å². The highest BCUT2D eigenvalue weighted by Crippen LogP contribution is 2.21. The lowest BCUT2D eigenvalue weighted by Gasteiger charge is -2.10. The fourth-order valence-corrected chi connectivity index (χ4v) is 1.90. The molecule has 0 amide bonds. The lowest BCUT2D eigenvalue weighted by Crippen LogP contribution is -2.16. The summed E-state index contributed by atoms with van der Waals surface area (Å²) in [6.45, 7) is 0. The fourth-order valence-electron chi connectivity index (χ4n) is 1.90. The molecule has 0 atom stereocenters. The lowest BCUT2D eigenvalue weighted by atomic mass is 10.2. The molecule has 0 aliphatic heterocycles. The van der Waals surface area contributed by atoms with Gasteiger partial charge in [0.15, 0.2) is 0 Å². The SMILES string of the molecule is O=C(Cc1ccncc1)OC1CCCC1. The van der Waals surface area contributed by atoms with Crippen LogP contribution in [0.5, 0.6) is 0 Å². The van der Waals surface area contributed by atoms with Crippen LogP contribution < -0.4 is 0 Å². The van der Waals surface area contributed by atoms with Gasteiger partial charge in [-0.1, -0.05) is 0 Å². The first kappa shape index (κ1) is 10.1. The van der Waals surface area contributed by atoms with Crippen LogP contribution in [0.3, 0.4) is 0 Å². The van der Waals surface area contributed by atoms with E-state index < -0.39 is 0 Å². The van der Waals surface area contributed by atoms with Gasteiger partial charge in [0.1, 0.15) is 6.10 Å². The summed E-state index contributed by atoms with van der Waals surface area (Å²) in [6, 6.07) is 3.69. The number of pyridine rings is 1. The normalized spacial score (nSPS) is 16.5. The standard InChI is InChI=1S/C12H15NO2/c14-12(15-11-3-1-2-4-11)9-10-5-7-13-8-6-10/h5-8,11H,1-4,9H2. The first-order valence-corrected chi connectivity index (χ1v) is 5.43. The Morgan fingerprint density at radius 1 is 1.33 bits per heavy atom. The van der Waals surface area contributed by atoms with Crippen molar-refractivity contribution >= 4 is 5.97 Å². The lowest BCUT2D eigenvalue weighted by molar-refractivity contribution is -0.147. The zero-order valence-electron chi connectivity index (χ0n) is 8.69. The Bertz CT molecular complexity index is 318. The molecule has 15 heavy (non-hydrogen) atoms. The van der Waals surface area contributed by atoms with Crippen LogP contribution in [0.25, 0.3) is 0 Å². The van der Waals surface area contributed by atoms with E-state index in [2.05, 4.69) is 4.98 Å². The monoisotopic (exact) mass is 205 g/mol. The van der Waals surface area contributed by atoms with E-state index in [4.69, 9.17) is 4.74 Å². The average molecular weight is 205 g/mol. The van der Waals surface area contributed by atoms with Gasteiger partial charge in [0.05, 0.1) is 6.42 Å². The maximum Gasteiger partial charge on any atom is 0.310 e. The minimum Gasteiger partial charge on any atom is -0.462 e. The quantitative estimate of drug-likeness (QED) is 0.709. The van der Waals surface area contributed by atoms with Gasteiger partial charge in [0.2, 0.25) is 0 Å². The second-order valence-electron chi connectivity index (χ2n) is 3.93. The molecule has 1 aliphatic rings. The highest BCUT2D eigenvalue weighted by molar-refractivity contribution is 5.72. The van der Waals surface area contributed by atoms with Crippen LogP contribution in [0.1, 0.15) is 31.2 Å². The summed E-state index contributed by atoms with van der Waals surface area (Å²) < 4.78 is 5.36. The molecule has 0 unspecified atom stereocenters. The van der Waals surface area contributed by atoms with Gasteiger partial charge in [-0.2, -0.15) is 0 Å². The molecule has 0 aromatic carbocycles. The molecule has 3 nitrogen and oxygen atoms in total. The smallest absolute Gasteiger partial charge is 0.310 e. The molecule has 0 spiro atoms. The van der Waals surface area contributed by atoms with Gasteiger partial charge in [-0.3, -0.25) is 9.78 Å². The Labute approximate surface area is 89.5 Å². The molecule has 1 aliphatic carbocycles. The highest BCUT2D eigenvalue weighted by Gasteiger charge is 2.18. The zero-order chi connectivity index (χ0) is 10.5. The Morgan fingerprint density at radius 2 is 2.00 bits per heavy atom. The van der Waals surface area contributed by atoms with E-state index in [9.17, 15) is 4.79 Å². The zero-order valence-corrected chi connectivity index (χ0v) is 8.69. The van der Waals surface area contributed by atoms with Crippen LogP contribution in [-0.2, 0) is 16.0 Å². The Balaban J connectivity index is 1.82. The van der Waals surface area contributed by atoms with Crippen molar-refractivity contribution in [1.29, 1.82) is 0 Å². The van der Waals surface area contributed by atoms with Gasteiger partial charge in [-0.05, 0) is 43.4 Å². The molecular weight excluding hydrogens is 190 g/mol. The van der Waals surface area contributed by atoms with E-state index in [1.807, 2.05) is 12.1 Å². The first-order valence-electron chi connectivity index (χ1n) is 5.43. The summed E-state index contributed by atoms with van der Waals surface area (Å²) >= 11 is 0. The number of hydrogen-bond donors (Lipinski definition) is 0.